The molecule has 1 aromatic heterocycles. The highest BCUT2D eigenvalue weighted by atomic mass is 35.5. The molecule has 7 nitrogen and oxygen atoms in total. The van der Waals surface area contributed by atoms with E-state index in [0.29, 0.717) is 41.4 Å². The van der Waals surface area contributed by atoms with Crippen LogP contribution in [0.4, 0.5) is 5.69 Å². The van der Waals surface area contributed by atoms with Crippen LogP contribution in [0.5, 0.6) is 5.75 Å². The molecule has 9 heteroatoms. The van der Waals surface area contributed by atoms with E-state index in [1.807, 2.05) is 12.1 Å². The first-order valence-electron chi connectivity index (χ1n) is 9.88. The first-order chi connectivity index (χ1) is 14.9. The Morgan fingerprint density at radius 2 is 2.03 bits per heavy atom. The maximum Gasteiger partial charge on any atom is 0.245 e. The number of methoxy groups -OCH3 is 1. The zero-order valence-corrected chi connectivity index (χ0v) is 18.5. The molecule has 2 aromatic carbocycles. The van der Waals surface area contributed by atoms with Crippen LogP contribution in [0.3, 0.4) is 0 Å². The van der Waals surface area contributed by atoms with Gasteiger partial charge in [-0.3, -0.25) is 9.78 Å². The fourth-order valence-corrected chi connectivity index (χ4v) is 5.67. The lowest BCUT2D eigenvalue weighted by atomic mass is 9.98. The van der Waals surface area contributed by atoms with E-state index >= 15 is 0 Å². The van der Waals surface area contributed by atoms with Crippen molar-refractivity contribution < 1.29 is 17.9 Å². The third kappa shape index (κ3) is 4.37. The number of hydrogen-bond donors (Lipinski definition) is 1. The van der Waals surface area contributed by atoms with E-state index in [1.165, 1.54) is 11.4 Å². The molecule has 1 fully saturated rings. The number of carbonyl (C=O) groups excluding carboxylic acids is 1. The minimum Gasteiger partial charge on any atom is -0.495 e. The van der Waals surface area contributed by atoms with Crippen molar-refractivity contribution in [2.75, 3.05) is 25.5 Å². The summed E-state index contributed by atoms with van der Waals surface area (Å²) in [6.45, 7) is 0.454. The molecule has 1 N–H and O–H groups in total. The van der Waals surface area contributed by atoms with Crippen molar-refractivity contribution >= 4 is 44.1 Å². The number of fused-ring (bicyclic) bond motifs is 1. The molecule has 1 aliphatic rings. The van der Waals surface area contributed by atoms with Gasteiger partial charge < -0.3 is 10.1 Å². The van der Waals surface area contributed by atoms with Gasteiger partial charge in [0, 0.05) is 29.7 Å². The number of carbonyl (C=O) groups is 1. The number of halogens is 1. The zero-order valence-electron chi connectivity index (χ0n) is 16.9. The Kier molecular flexibility index (Phi) is 6.13. The fourth-order valence-electron chi connectivity index (χ4n) is 3.81. The molecule has 0 saturated carbocycles. The minimum atomic E-state index is -3.80. The Morgan fingerprint density at radius 1 is 1.23 bits per heavy atom. The molecule has 162 valence electrons. The molecule has 0 aliphatic carbocycles. The zero-order chi connectivity index (χ0) is 22.0. The number of aromatic nitrogens is 1. The predicted octanol–water partition coefficient (Wildman–Crippen LogP) is 3.94. The third-order valence-electron chi connectivity index (χ3n) is 5.39. The number of nitrogens with one attached hydrogen (secondary N) is 1. The predicted molar refractivity (Wildman–Crippen MR) is 120 cm³/mol. The summed E-state index contributed by atoms with van der Waals surface area (Å²) in [6, 6.07) is 13.6. The first-order valence-corrected chi connectivity index (χ1v) is 11.7. The highest BCUT2D eigenvalue weighted by Crippen LogP contribution is 2.31. The highest BCUT2D eigenvalue weighted by molar-refractivity contribution is 7.89. The third-order valence-corrected chi connectivity index (χ3v) is 7.52. The molecule has 0 bridgehead atoms. The second-order valence-corrected chi connectivity index (χ2v) is 9.71. The average molecular weight is 460 g/mol. The van der Waals surface area contributed by atoms with E-state index in [9.17, 15) is 13.2 Å². The Hall–Kier alpha value is -2.68. The number of benzene rings is 2. The number of nitrogens with zero attached hydrogens (tertiary/aromatic N) is 2. The Morgan fingerprint density at radius 3 is 2.84 bits per heavy atom. The number of rotatable bonds is 5. The molecule has 1 unspecified atom stereocenters. The lowest BCUT2D eigenvalue weighted by Crippen LogP contribution is -2.43. The van der Waals surface area contributed by atoms with Crippen molar-refractivity contribution in [3.63, 3.8) is 0 Å². The molecular weight excluding hydrogens is 438 g/mol. The summed E-state index contributed by atoms with van der Waals surface area (Å²) in [7, 11) is -2.30. The van der Waals surface area contributed by atoms with Crippen LogP contribution in [-0.2, 0) is 14.8 Å². The Balaban J connectivity index is 1.57. The number of para-hydroxylation sites is 1. The SMILES string of the molecule is COc1ccc(Cl)cc1NC(=O)C1CCCN(S(=O)(=O)c2cccc3cccnc23)C1. The minimum absolute atomic E-state index is 0.0975. The van der Waals surface area contributed by atoms with Crippen molar-refractivity contribution in [1.29, 1.82) is 0 Å². The monoisotopic (exact) mass is 459 g/mol. The van der Waals surface area contributed by atoms with E-state index in [0.717, 1.165) is 5.39 Å². The van der Waals surface area contributed by atoms with Crippen molar-refractivity contribution in [2.24, 2.45) is 5.92 Å². The fraction of sp³-hybridized carbons (Fsp3) is 0.273. The van der Waals surface area contributed by atoms with Crippen LogP contribution in [-0.4, -0.2) is 43.8 Å². The van der Waals surface area contributed by atoms with E-state index in [1.54, 1.807) is 42.6 Å². The summed E-state index contributed by atoms with van der Waals surface area (Å²) < 4.78 is 33.4. The molecule has 2 heterocycles. The molecule has 0 spiro atoms. The van der Waals surface area contributed by atoms with E-state index in [4.69, 9.17) is 16.3 Å². The van der Waals surface area contributed by atoms with Crippen molar-refractivity contribution in [3.05, 3.63) is 59.8 Å². The van der Waals surface area contributed by atoms with Crippen LogP contribution in [0.1, 0.15) is 12.8 Å². The summed E-state index contributed by atoms with van der Waals surface area (Å²) in [4.78, 5) is 17.3. The number of amides is 1. The van der Waals surface area contributed by atoms with Crippen molar-refractivity contribution in [2.45, 2.75) is 17.7 Å². The van der Waals surface area contributed by atoms with Crippen molar-refractivity contribution in [3.8, 4) is 5.75 Å². The lowest BCUT2D eigenvalue weighted by molar-refractivity contribution is -0.120. The maximum atomic E-state index is 13.4. The summed E-state index contributed by atoms with van der Waals surface area (Å²) in [5.74, 6) is -0.272. The van der Waals surface area contributed by atoms with E-state index < -0.39 is 15.9 Å². The number of ether oxygens (including phenoxy) is 1. The normalized spacial score (nSPS) is 17.4. The number of sulfonamides is 1. The topological polar surface area (TPSA) is 88.6 Å². The van der Waals surface area contributed by atoms with Crippen LogP contribution in [0.2, 0.25) is 5.02 Å². The van der Waals surface area contributed by atoms with Crippen LogP contribution < -0.4 is 10.1 Å². The smallest absolute Gasteiger partial charge is 0.245 e. The van der Waals surface area contributed by atoms with Crippen LogP contribution >= 0.6 is 11.6 Å². The summed E-state index contributed by atoms with van der Waals surface area (Å²) in [6.07, 6.45) is 2.75. The van der Waals surface area contributed by atoms with Gasteiger partial charge in [0.1, 0.15) is 10.6 Å². The molecule has 1 saturated heterocycles. The van der Waals surface area contributed by atoms with Gasteiger partial charge in [0.05, 0.1) is 24.2 Å². The van der Waals surface area contributed by atoms with Gasteiger partial charge in [0.15, 0.2) is 0 Å². The quantitative estimate of drug-likeness (QED) is 0.624. The van der Waals surface area contributed by atoms with Crippen LogP contribution in [0.15, 0.2) is 59.6 Å². The van der Waals surface area contributed by atoms with Crippen LogP contribution in [0, 0.1) is 5.92 Å². The van der Waals surface area contributed by atoms with E-state index in [-0.39, 0.29) is 17.3 Å². The molecular formula is C22H22ClN3O4S. The lowest BCUT2D eigenvalue weighted by Gasteiger charge is -2.31. The van der Waals surface area contributed by atoms with Gasteiger partial charge in [-0.25, -0.2) is 8.42 Å². The Labute approximate surface area is 186 Å². The number of hydrogen-bond acceptors (Lipinski definition) is 5. The second kappa shape index (κ2) is 8.82. The van der Waals surface area contributed by atoms with Gasteiger partial charge in [-0.2, -0.15) is 4.31 Å². The number of piperidine rings is 1. The molecule has 0 radical (unpaired) electrons. The first kappa shape index (κ1) is 21.5. The van der Waals surface area contributed by atoms with E-state index in [2.05, 4.69) is 10.3 Å². The molecule has 1 atom stereocenters. The average Bonchev–Trinajstić information content (AvgIpc) is 2.79. The van der Waals surface area contributed by atoms with Crippen LogP contribution in [0.25, 0.3) is 10.9 Å². The maximum absolute atomic E-state index is 13.4. The van der Waals surface area contributed by atoms with Gasteiger partial charge >= 0.3 is 0 Å². The standard InChI is InChI=1S/C22H22ClN3O4S/c1-30-19-10-9-17(23)13-18(19)25-22(27)16-7-4-12-26(14-16)31(28,29)20-8-2-5-15-6-3-11-24-21(15)20/h2-3,5-6,8-11,13,16H,4,7,12,14H2,1H3,(H,25,27). The van der Waals surface area contributed by atoms with Crippen molar-refractivity contribution in [1.82, 2.24) is 9.29 Å². The summed E-state index contributed by atoms with van der Waals surface area (Å²) >= 11 is 6.04. The highest BCUT2D eigenvalue weighted by Gasteiger charge is 2.34. The molecule has 3 aromatic rings. The molecule has 31 heavy (non-hydrogen) atoms. The molecule has 4 rings (SSSR count). The number of pyridine rings is 1. The molecule has 1 amide bonds. The van der Waals surface area contributed by atoms with Gasteiger partial charge in [-0.1, -0.05) is 29.8 Å². The van der Waals surface area contributed by atoms with Gasteiger partial charge in [-0.15, -0.1) is 0 Å². The van der Waals surface area contributed by atoms with Gasteiger partial charge in [0.2, 0.25) is 15.9 Å². The summed E-state index contributed by atoms with van der Waals surface area (Å²) in [5.41, 5.74) is 0.887. The number of anilines is 1. The van der Waals surface area contributed by atoms with Gasteiger partial charge in [0.25, 0.3) is 0 Å². The van der Waals surface area contributed by atoms with Gasteiger partial charge in [-0.05, 0) is 43.2 Å². The largest absolute Gasteiger partial charge is 0.495 e. The second-order valence-electron chi connectivity index (χ2n) is 7.37. The summed E-state index contributed by atoms with van der Waals surface area (Å²) in [5, 5.41) is 4.05. The Bertz CT molecular complexity index is 1230. The molecule has 1 aliphatic heterocycles.